The van der Waals surface area contributed by atoms with Gasteiger partial charge in [0.25, 0.3) is 0 Å². The molecule has 0 bridgehead atoms. The number of allylic oxidation sites excluding steroid dienone is 4. The smallest absolute Gasteiger partial charge is 0.0670 e. The lowest BCUT2D eigenvalue weighted by atomic mass is 10.0. The summed E-state index contributed by atoms with van der Waals surface area (Å²) in [7, 11) is 0. The quantitative estimate of drug-likeness (QED) is 0.223. The summed E-state index contributed by atoms with van der Waals surface area (Å²) in [5.41, 5.74) is 14.5. The van der Waals surface area contributed by atoms with E-state index in [1.165, 1.54) is 40.0 Å². The topological polar surface area (TPSA) is 47.6 Å². The predicted octanol–water partition coefficient (Wildman–Crippen LogP) is 9.87. The van der Waals surface area contributed by atoms with Gasteiger partial charge in [0.2, 0.25) is 0 Å². The number of hydrogen-bond donors (Lipinski definition) is 1. The highest BCUT2D eigenvalue weighted by atomic mass is 32.2. The van der Waals surface area contributed by atoms with Crippen LogP contribution in [0.4, 0.5) is 0 Å². The Hall–Kier alpha value is -2.08. The molecule has 1 aromatic heterocycles. The molecule has 1 fully saturated rings. The van der Waals surface area contributed by atoms with Gasteiger partial charge >= 0.3 is 0 Å². The zero-order valence-electron chi connectivity index (χ0n) is 24.5. The third kappa shape index (κ3) is 10.2. The van der Waals surface area contributed by atoms with Crippen LogP contribution < -0.4 is 5.73 Å². The fraction of sp³-hybridized carbons (Fsp3) is 0.485. The molecule has 2 heterocycles. The summed E-state index contributed by atoms with van der Waals surface area (Å²) in [4.78, 5) is 5.78. The highest BCUT2D eigenvalue weighted by Gasteiger charge is 2.21. The maximum Gasteiger partial charge on any atom is 0.0670 e. The van der Waals surface area contributed by atoms with Crippen LogP contribution in [0.1, 0.15) is 84.1 Å². The lowest BCUT2D eigenvalue weighted by Crippen LogP contribution is -2.11. The molecule has 0 radical (unpaired) electrons. The Morgan fingerprint density at radius 2 is 1.92 bits per heavy atom. The minimum absolute atomic E-state index is 0.457. The average Bonchev–Trinajstić information content (AvgIpc) is 3.51. The largest absolute Gasteiger partial charge is 0.398 e. The molecule has 2 aromatic rings. The van der Waals surface area contributed by atoms with Crippen molar-refractivity contribution in [2.75, 3.05) is 5.75 Å². The third-order valence-electron chi connectivity index (χ3n) is 6.79. The Bertz CT molecular complexity index is 1100. The number of benzene rings is 1. The summed E-state index contributed by atoms with van der Waals surface area (Å²) >= 11 is 3.88. The maximum absolute atomic E-state index is 6.18. The van der Waals surface area contributed by atoms with E-state index < -0.39 is 0 Å². The second-order valence-electron chi connectivity index (χ2n) is 9.84. The van der Waals surface area contributed by atoms with E-state index in [1.54, 1.807) is 6.21 Å². The Labute approximate surface area is 240 Å². The highest BCUT2D eigenvalue weighted by molar-refractivity contribution is 7.98. The lowest BCUT2D eigenvalue weighted by molar-refractivity contribution is 0.0700. The van der Waals surface area contributed by atoms with Crippen LogP contribution >= 0.6 is 23.1 Å². The SMILES string of the molecule is CC=N/C(C)=C(/C=C\CCC)C(\N)=C(/C)CC.Cc1scc(-c2ccccc2)c1CSCC1CCC(C)O1. The second-order valence-corrected chi connectivity index (χ2v) is 12.0. The molecule has 38 heavy (non-hydrogen) atoms. The van der Waals surface area contributed by atoms with E-state index in [9.17, 15) is 0 Å². The lowest BCUT2D eigenvalue weighted by Gasteiger charge is -2.11. The molecule has 2 unspecified atom stereocenters. The molecule has 2 N–H and O–H groups in total. The van der Waals surface area contributed by atoms with Gasteiger partial charge in [0.1, 0.15) is 0 Å². The molecule has 0 aliphatic carbocycles. The molecule has 1 aliphatic rings. The van der Waals surface area contributed by atoms with Crippen LogP contribution in [0.5, 0.6) is 0 Å². The molecule has 1 aromatic carbocycles. The zero-order chi connectivity index (χ0) is 27.9. The van der Waals surface area contributed by atoms with Crippen LogP contribution in [0.25, 0.3) is 11.1 Å². The molecule has 2 atom stereocenters. The van der Waals surface area contributed by atoms with Crippen molar-refractivity contribution in [3.63, 3.8) is 0 Å². The number of rotatable bonds is 11. The number of thiophene rings is 1. The van der Waals surface area contributed by atoms with Gasteiger partial charge in [0.05, 0.1) is 12.2 Å². The van der Waals surface area contributed by atoms with Crippen LogP contribution in [-0.4, -0.2) is 24.2 Å². The number of ether oxygens (including phenoxy) is 1. The van der Waals surface area contributed by atoms with Crippen molar-refractivity contribution in [1.82, 2.24) is 0 Å². The number of unbranched alkanes of at least 4 members (excludes halogenated alkanes) is 1. The van der Waals surface area contributed by atoms with Gasteiger partial charge in [-0.05, 0) is 87.9 Å². The summed E-state index contributed by atoms with van der Waals surface area (Å²) in [5, 5.41) is 2.30. The van der Waals surface area contributed by atoms with Crippen molar-refractivity contribution in [3.8, 4) is 11.1 Å². The highest BCUT2D eigenvalue weighted by Crippen LogP contribution is 2.34. The molecular weight excluding hydrogens is 505 g/mol. The van der Waals surface area contributed by atoms with Crippen molar-refractivity contribution in [2.24, 2.45) is 10.7 Å². The Morgan fingerprint density at radius 3 is 2.53 bits per heavy atom. The molecular formula is C33H48N2OS2. The molecule has 0 saturated carbocycles. The average molecular weight is 553 g/mol. The first-order valence-corrected chi connectivity index (χ1v) is 16.0. The molecule has 5 heteroatoms. The van der Waals surface area contributed by atoms with E-state index in [0.717, 1.165) is 47.7 Å². The van der Waals surface area contributed by atoms with Crippen LogP contribution in [0, 0.1) is 6.92 Å². The van der Waals surface area contributed by atoms with Crippen molar-refractivity contribution in [3.05, 3.63) is 80.8 Å². The minimum atomic E-state index is 0.457. The van der Waals surface area contributed by atoms with Crippen LogP contribution in [0.15, 0.2) is 75.4 Å². The Balaban J connectivity index is 0.000000275. The molecule has 3 nitrogen and oxygen atoms in total. The van der Waals surface area contributed by atoms with E-state index >= 15 is 0 Å². The molecule has 208 valence electrons. The van der Waals surface area contributed by atoms with E-state index in [2.05, 4.69) is 87.5 Å². The normalized spacial score (nSPS) is 18.9. The summed E-state index contributed by atoms with van der Waals surface area (Å²) in [6.45, 7) is 14.7. The van der Waals surface area contributed by atoms with Crippen molar-refractivity contribution in [2.45, 2.75) is 98.5 Å². The first-order chi connectivity index (χ1) is 18.3. The minimum Gasteiger partial charge on any atom is -0.398 e. The summed E-state index contributed by atoms with van der Waals surface area (Å²) < 4.78 is 5.91. The van der Waals surface area contributed by atoms with Gasteiger partial charge in [0.15, 0.2) is 0 Å². The molecule has 1 saturated heterocycles. The molecule has 0 amide bonds. The Kier molecular flexibility index (Phi) is 14.8. The molecule has 1 aliphatic heterocycles. The van der Waals surface area contributed by atoms with Gasteiger partial charge in [0, 0.05) is 39.6 Å². The van der Waals surface area contributed by atoms with E-state index in [0.29, 0.717) is 12.2 Å². The first kappa shape index (κ1) is 32.1. The van der Waals surface area contributed by atoms with E-state index in [4.69, 9.17) is 10.5 Å². The van der Waals surface area contributed by atoms with Crippen LogP contribution in [0.2, 0.25) is 0 Å². The number of aryl methyl sites for hydroxylation is 1. The number of hydrogen-bond acceptors (Lipinski definition) is 5. The Morgan fingerprint density at radius 1 is 1.18 bits per heavy atom. The van der Waals surface area contributed by atoms with Gasteiger partial charge in [-0.25, -0.2) is 0 Å². The predicted molar refractivity (Wildman–Crippen MR) is 172 cm³/mol. The monoisotopic (exact) mass is 552 g/mol. The maximum atomic E-state index is 6.18. The van der Waals surface area contributed by atoms with Crippen LogP contribution in [-0.2, 0) is 10.5 Å². The molecule has 3 rings (SSSR count). The number of aliphatic imine (C=N–C) groups is 1. The number of nitrogens with zero attached hydrogens (tertiary/aromatic N) is 1. The standard InChI is InChI=1S/C18H22OS2.C15H26N2/c1-13-8-9-16(19-13)10-20-11-17-14(2)21-12-18(17)15-6-4-3-5-7-15;1-6-9-10-11-14(13(5)17-8-3)15(16)12(4)7-2/h3-7,12-13,16H,8-11H2,1-2H3;8,10-11H,6-7,9,16H2,1-5H3/b;11-10-,14-13-,15-12-,17-8?. The van der Waals surface area contributed by atoms with E-state index in [-0.39, 0.29) is 0 Å². The van der Waals surface area contributed by atoms with Crippen LogP contribution in [0.3, 0.4) is 0 Å². The van der Waals surface area contributed by atoms with Crippen molar-refractivity contribution < 1.29 is 4.74 Å². The fourth-order valence-electron chi connectivity index (χ4n) is 4.28. The van der Waals surface area contributed by atoms with E-state index in [1.807, 2.05) is 36.9 Å². The summed E-state index contributed by atoms with van der Waals surface area (Å²) in [6, 6.07) is 10.7. The number of thioether (sulfide) groups is 1. The van der Waals surface area contributed by atoms with Gasteiger partial charge < -0.3 is 10.5 Å². The first-order valence-electron chi connectivity index (χ1n) is 14.0. The summed E-state index contributed by atoms with van der Waals surface area (Å²) in [5.74, 6) is 2.21. The van der Waals surface area contributed by atoms with Crippen molar-refractivity contribution >= 4 is 29.3 Å². The van der Waals surface area contributed by atoms with Gasteiger partial charge in [-0.3, -0.25) is 4.99 Å². The van der Waals surface area contributed by atoms with Gasteiger partial charge in [-0.15, -0.1) is 11.3 Å². The summed E-state index contributed by atoms with van der Waals surface area (Å²) in [6.07, 6.45) is 12.6. The molecule has 0 spiro atoms. The second kappa shape index (κ2) is 17.5. The van der Waals surface area contributed by atoms with Crippen molar-refractivity contribution in [1.29, 1.82) is 0 Å². The number of nitrogens with two attached hydrogens (primary N) is 1. The fourth-order valence-corrected chi connectivity index (χ4v) is 6.47. The van der Waals surface area contributed by atoms with Gasteiger partial charge in [-0.1, -0.05) is 62.8 Å². The van der Waals surface area contributed by atoms with Gasteiger partial charge in [-0.2, -0.15) is 11.8 Å². The zero-order valence-corrected chi connectivity index (χ0v) is 26.2. The third-order valence-corrected chi connectivity index (χ3v) is 8.84.